The summed E-state index contributed by atoms with van der Waals surface area (Å²) >= 11 is 0. The monoisotopic (exact) mass is 297 g/mol. The lowest BCUT2D eigenvalue weighted by molar-refractivity contribution is -0.00461. The van der Waals surface area contributed by atoms with Gasteiger partial charge in [0.05, 0.1) is 12.2 Å². The average molecular weight is 297 g/mol. The van der Waals surface area contributed by atoms with E-state index >= 15 is 0 Å². The predicted octanol–water partition coefficient (Wildman–Crippen LogP) is -0.0124. The molecule has 0 spiro atoms. The molecule has 1 aliphatic rings. The van der Waals surface area contributed by atoms with Gasteiger partial charge in [-0.1, -0.05) is 0 Å². The van der Waals surface area contributed by atoms with E-state index in [0.717, 1.165) is 0 Å². The number of hydrogen-bond donors (Lipinski definition) is 0. The Balaban J connectivity index is 2.25. The quantitative estimate of drug-likeness (QED) is 0.776. The molecule has 8 heteroatoms. The van der Waals surface area contributed by atoms with Crippen LogP contribution in [0.5, 0.6) is 0 Å². The molecular formula is C12H15N3O4S. The Morgan fingerprint density at radius 3 is 2.30 bits per heavy atom. The fourth-order valence-electron chi connectivity index (χ4n) is 2.11. The summed E-state index contributed by atoms with van der Waals surface area (Å²) in [5.74, 6) is 0. The number of nitrogens with zero attached hydrogens (tertiary/aromatic N) is 3. The van der Waals surface area contributed by atoms with Crippen molar-refractivity contribution in [1.29, 1.82) is 5.26 Å². The van der Waals surface area contributed by atoms with Crippen LogP contribution < -0.4 is 0 Å². The highest BCUT2D eigenvalue weighted by Gasteiger charge is 2.39. The molecule has 20 heavy (non-hydrogen) atoms. The fraction of sp³-hybridized carbons (Fsp3) is 0.500. The third-order valence-corrected chi connectivity index (χ3v) is 5.09. The largest absolute Gasteiger partial charge is 0.377 e. The molecule has 1 aromatic rings. The minimum Gasteiger partial charge on any atom is -0.377 e. The van der Waals surface area contributed by atoms with E-state index < -0.39 is 10.0 Å². The van der Waals surface area contributed by atoms with E-state index in [-0.39, 0.29) is 35.9 Å². The zero-order chi connectivity index (χ0) is 14.8. The van der Waals surface area contributed by atoms with Crippen molar-refractivity contribution < 1.29 is 17.9 Å². The maximum atomic E-state index is 12.4. The van der Waals surface area contributed by atoms with Gasteiger partial charge < -0.3 is 9.47 Å². The first kappa shape index (κ1) is 14.9. The summed E-state index contributed by atoms with van der Waals surface area (Å²) in [5, 5.41) is 8.67. The van der Waals surface area contributed by atoms with Crippen LogP contribution in [-0.2, 0) is 19.5 Å². The Labute approximate surface area is 117 Å². The van der Waals surface area contributed by atoms with Gasteiger partial charge in [-0.15, -0.1) is 0 Å². The molecule has 0 amide bonds. The number of rotatable bonds is 4. The number of pyridine rings is 1. The van der Waals surface area contributed by atoms with Crippen molar-refractivity contribution in [3.63, 3.8) is 0 Å². The minimum absolute atomic E-state index is 0.0584. The number of methoxy groups -OCH3 is 2. The summed E-state index contributed by atoms with van der Waals surface area (Å²) in [6.45, 7) is 0.467. The van der Waals surface area contributed by atoms with Crippen LogP contribution >= 0.6 is 0 Å². The normalized spacial score (nSPS) is 23.6. The average Bonchev–Trinajstić information content (AvgIpc) is 2.91. The van der Waals surface area contributed by atoms with Crippen LogP contribution in [0.15, 0.2) is 23.2 Å². The van der Waals surface area contributed by atoms with Crippen molar-refractivity contribution in [1.82, 2.24) is 9.29 Å². The van der Waals surface area contributed by atoms with E-state index in [1.54, 1.807) is 0 Å². The van der Waals surface area contributed by atoms with E-state index in [0.29, 0.717) is 0 Å². The second-order valence-corrected chi connectivity index (χ2v) is 6.30. The van der Waals surface area contributed by atoms with Gasteiger partial charge in [0.2, 0.25) is 10.0 Å². The van der Waals surface area contributed by atoms with Crippen molar-refractivity contribution in [2.45, 2.75) is 17.1 Å². The third kappa shape index (κ3) is 2.66. The van der Waals surface area contributed by atoms with Gasteiger partial charge in [0.15, 0.2) is 0 Å². The molecule has 1 aromatic heterocycles. The van der Waals surface area contributed by atoms with E-state index in [9.17, 15) is 8.42 Å². The summed E-state index contributed by atoms with van der Waals surface area (Å²) in [7, 11) is -0.601. The molecule has 0 saturated carbocycles. The smallest absolute Gasteiger partial charge is 0.244 e. The maximum Gasteiger partial charge on any atom is 0.244 e. The van der Waals surface area contributed by atoms with Gasteiger partial charge in [-0.2, -0.15) is 9.57 Å². The Hall–Kier alpha value is -1.53. The molecule has 0 aromatic carbocycles. The molecule has 2 heterocycles. The number of hydrogen-bond acceptors (Lipinski definition) is 6. The Morgan fingerprint density at radius 1 is 1.30 bits per heavy atom. The highest BCUT2D eigenvalue weighted by Crippen LogP contribution is 2.23. The molecule has 1 aliphatic heterocycles. The standard InChI is InChI=1S/C12H15N3O4S/c1-18-11-7-15(8-12(11)19-2)20(16,17)10-4-3-9(5-13)14-6-10/h3-4,6,11-12H,7-8H2,1-2H3. The molecule has 0 aliphatic carbocycles. The van der Waals surface area contributed by atoms with E-state index in [1.807, 2.05) is 6.07 Å². The molecular weight excluding hydrogens is 282 g/mol. The van der Waals surface area contributed by atoms with Crippen LogP contribution in [0.25, 0.3) is 0 Å². The van der Waals surface area contributed by atoms with Crippen LogP contribution in [0.1, 0.15) is 5.69 Å². The zero-order valence-corrected chi connectivity index (χ0v) is 12.0. The van der Waals surface area contributed by atoms with Crippen molar-refractivity contribution in [2.75, 3.05) is 27.3 Å². The topological polar surface area (TPSA) is 92.5 Å². The minimum atomic E-state index is -3.65. The van der Waals surface area contributed by atoms with E-state index in [4.69, 9.17) is 14.7 Å². The van der Waals surface area contributed by atoms with Gasteiger partial charge in [-0.25, -0.2) is 13.4 Å². The Bertz CT molecular complexity index is 597. The first-order valence-corrected chi connectivity index (χ1v) is 7.39. The highest BCUT2D eigenvalue weighted by molar-refractivity contribution is 7.89. The number of aromatic nitrogens is 1. The van der Waals surface area contributed by atoms with Crippen LogP contribution in [0, 0.1) is 11.3 Å². The van der Waals surface area contributed by atoms with E-state index in [1.165, 1.54) is 36.9 Å². The molecule has 108 valence electrons. The molecule has 2 rings (SSSR count). The molecule has 0 N–H and O–H groups in total. The fourth-order valence-corrected chi connectivity index (χ4v) is 3.52. The molecule has 1 saturated heterocycles. The lowest BCUT2D eigenvalue weighted by atomic mass is 10.3. The number of sulfonamides is 1. The lowest BCUT2D eigenvalue weighted by Crippen LogP contribution is -2.30. The summed E-state index contributed by atoms with van der Waals surface area (Å²) < 4.78 is 36.6. The molecule has 7 nitrogen and oxygen atoms in total. The first-order valence-electron chi connectivity index (χ1n) is 5.94. The van der Waals surface area contributed by atoms with Gasteiger partial charge >= 0.3 is 0 Å². The zero-order valence-electron chi connectivity index (χ0n) is 11.2. The Kier molecular flexibility index (Phi) is 4.35. The summed E-state index contributed by atoms with van der Waals surface area (Å²) in [6.07, 6.45) is 0.609. The van der Waals surface area contributed by atoms with Crippen molar-refractivity contribution >= 4 is 10.0 Å². The molecule has 2 atom stereocenters. The van der Waals surface area contributed by atoms with Gasteiger partial charge in [-0.05, 0) is 12.1 Å². The van der Waals surface area contributed by atoms with Crippen LogP contribution in [0.4, 0.5) is 0 Å². The van der Waals surface area contributed by atoms with Crippen LogP contribution in [0.3, 0.4) is 0 Å². The number of nitriles is 1. The van der Waals surface area contributed by atoms with Gasteiger partial charge in [0, 0.05) is 33.5 Å². The first-order chi connectivity index (χ1) is 9.52. The van der Waals surface area contributed by atoms with Gasteiger partial charge in [0.1, 0.15) is 16.7 Å². The predicted molar refractivity (Wildman–Crippen MR) is 69.3 cm³/mol. The molecule has 1 fully saturated rings. The summed E-state index contributed by atoms with van der Waals surface area (Å²) in [6, 6.07) is 4.61. The third-order valence-electron chi connectivity index (χ3n) is 3.28. The molecule has 2 unspecified atom stereocenters. The number of ether oxygens (including phenoxy) is 2. The maximum absolute atomic E-state index is 12.4. The molecule has 0 bridgehead atoms. The van der Waals surface area contributed by atoms with Crippen molar-refractivity contribution in [2.24, 2.45) is 0 Å². The Morgan fingerprint density at radius 2 is 1.90 bits per heavy atom. The van der Waals surface area contributed by atoms with Crippen molar-refractivity contribution in [3.8, 4) is 6.07 Å². The van der Waals surface area contributed by atoms with Crippen LogP contribution in [0.2, 0.25) is 0 Å². The second kappa shape index (κ2) is 5.85. The molecule has 0 radical (unpaired) electrons. The lowest BCUT2D eigenvalue weighted by Gasteiger charge is -2.15. The van der Waals surface area contributed by atoms with E-state index in [2.05, 4.69) is 4.98 Å². The highest BCUT2D eigenvalue weighted by atomic mass is 32.2. The van der Waals surface area contributed by atoms with Crippen LogP contribution in [-0.4, -0.2) is 57.2 Å². The summed E-state index contributed by atoms with van der Waals surface area (Å²) in [4.78, 5) is 3.84. The van der Waals surface area contributed by atoms with Gasteiger partial charge in [0.25, 0.3) is 0 Å². The SMILES string of the molecule is COC1CN(S(=O)(=O)c2ccc(C#N)nc2)CC1OC. The van der Waals surface area contributed by atoms with Crippen molar-refractivity contribution in [3.05, 3.63) is 24.0 Å². The summed E-state index contributed by atoms with van der Waals surface area (Å²) in [5.41, 5.74) is 0.176. The second-order valence-electron chi connectivity index (χ2n) is 4.36. The van der Waals surface area contributed by atoms with Gasteiger partial charge in [-0.3, -0.25) is 0 Å².